The van der Waals surface area contributed by atoms with Crippen LogP contribution in [0.1, 0.15) is 57.4 Å². The van der Waals surface area contributed by atoms with E-state index in [1.807, 2.05) is 13.8 Å². The summed E-state index contributed by atoms with van der Waals surface area (Å²) in [5.74, 6) is -0.808. The largest absolute Gasteiger partial charge is 0.462 e. The minimum atomic E-state index is -0.593. The molecule has 0 aliphatic carbocycles. The van der Waals surface area contributed by atoms with Gasteiger partial charge < -0.3 is 14.4 Å². The maximum atomic E-state index is 12.8. The van der Waals surface area contributed by atoms with Crippen LogP contribution < -0.4 is 4.74 Å². The van der Waals surface area contributed by atoms with E-state index in [1.165, 1.54) is 0 Å². The van der Waals surface area contributed by atoms with Gasteiger partial charge in [0.15, 0.2) is 0 Å². The average molecular weight is 473 g/mol. The SMILES string of the molecule is CCOC(=O)c1ccc(N=Cc2ccc(OC(=O)c3ccccc3C(=O)N(CC)CC)cc2)cc1. The van der Waals surface area contributed by atoms with Gasteiger partial charge in [-0.25, -0.2) is 9.59 Å². The van der Waals surface area contributed by atoms with Crippen molar-refractivity contribution in [3.05, 3.63) is 95.1 Å². The van der Waals surface area contributed by atoms with Gasteiger partial charge in [-0.05, 0) is 87.0 Å². The Morgan fingerprint density at radius 1 is 0.800 bits per heavy atom. The standard InChI is InChI=1S/C28H28N2O5/c1-4-30(5-2)26(31)24-9-7-8-10-25(24)28(33)35-23-17-11-20(12-18-23)19-29-22-15-13-21(14-16-22)27(32)34-6-3/h7-19H,4-6H2,1-3H3. The predicted molar refractivity (Wildman–Crippen MR) is 135 cm³/mol. The number of nitrogens with zero attached hydrogens (tertiary/aromatic N) is 2. The van der Waals surface area contributed by atoms with E-state index < -0.39 is 5.97 Å². The summed E-state index contributed by atoms with van der Waals surface area (Å²) in [6, 6.07) is 20.3. The highest BCUT2D eigenvalue weighted by atomic mass is 16.5. The molecule has 0 N–H and O–H groups in total. The maximum Gasteiger partial charge on any atom is 0.344 e. The summed E-state index contributed by atoms with van der Waals surface area (Å²) in [4.78, 5) is 43.4. The summed E-state index contributed by atoms with van der Waals surface area (Å²) >= 11 is 0. The van der Waals surface area contributed by atoms with Gasteiger partial charge in [-0.3, -0.25) is 9.79 Å². The van der Waals surface area contributed by atoms with Crippen LogP contribution in [-0.2, 0) is 4.74 Å². The molecule has 3 rings (SSSR count). The maximum absolute atomic E-state index is 12.8. The zero-order chi connectivity index (χ0) is 25.2. The van der Waals surface area contributed by atoms with E-state index in [0.29, 0.717) is 42.3 Å². The molecule has 35 heavy (non-hydrogen) atoms. The highest BCUT2D eigenvalue weighted by Gasteiger charge is 2.21. The van der Waals surface area contributed by atoms with E-state index in [4.69, 9.17) is 9.47 Å². The lowest BCUT2D eigenvalue weighted by Crippen LogP contribution is -2.32. The zero-order valence-electron chi connectivity index (χ0n) is 20.1. The van der Waals surface area contributed by atoms with Crippen LogP contribution in [0.2, 0.25) is 0 Å². The summed E-state index contributed by atoms with van der Waals surface area (Å²) in [7, 11) is 0. The molecular formula is C28H28N2O5. The summed E-state index contributed by atoms with van der Waals surface area (Å²) in [6.45, 7) is 6.98. The second-order valence-corrected chi connectivity index (χ2v) is 7.51. The lowest BCUT2D eigenvalue weighted by Gasteiger charge is -2.20. The molecule has 0 aliphatic heterocycles. The van der Waals surface area contributed by atoms with Gasteiger partial charge in [-0.2, -0.15) is 0 Å². The summed E-state index contributed by atoms with van der Waals surface area (Å²) in [5.41, 5.74) is 2.50. The highest BCUT2D eigenvalue weighted by molar-refractivity contribution is 6.05. The van der Waals surface area contributed by atoms with E-state index >= 15 is 0 Å². The number of hydrogen-bond acceptors (Lipinski definition) is 6. The molecule has 180 valence electrons. The Kier molecular flexibility index (Phi) is 8.89. The van der Waals surface area contributed by atoms with Crippen molar-refractivity contribution in [3.8, 4) is 5.75 Å². The van der Waals surface area contributed by atoms with Gasteiger partial charge in [-0.15, -0.1) is 0 Å². The molecule has 0 saturated carbocycles. The molecule has 0 fully saturated rings. The smallest absolute Gasteiger partial charge is 0.344 e. The van der Waals surface area contributed by atoms with Crippen molar-refractivity contribution in [1.82, 2.24) is 4.90 Å². The van der Waals surface area contributed by atoms with Crippen molar-refractivity contribution in [2.45, 2.75) is 20.8 Å². The van der Waals surface area contributed by atoms with E-state index in [-0.39, 0.29) is 17.4 Å². The minimum Gasteiger partial charge on any atom is -0.462 e. The third-order valence-corrected chi connectivity index (χ3v) is 5.26. The molecule has 0 unspecified atom stereocenters. The number of aliphatic imine (C=N–C) groups is 1. The van der Waals surface area contributed by atoms with Crippen LogP contribution in [0.25, 0.3) is 0 Å². The number of hydrogen-bond donors (Lipinski definition) is 0. The Bertz CT molecular complexity index is 1200. The van der Waals surface area contributed by atoms with Crippen molar-refractivity contribution in [3.63, 3.8) is 0 Å². The van der Waals surface area contributed by atoms with Crippen molar-refractivity contribution in [2.24, 2.45) is 4.99 Å². The zero-order valence-corrected chi connectivity index (χ0v) is 20.1. The second-order valence-electron chi connectivity index (χ2n) is 7.51. The third-order valence-electron chi connectivity index (χ3n) is 5.26. The van der Waals surface area contributed by atoms with Crippen LogP contribution in [0.4, 0.5) is 5.69 Å². The van der Waals surface area contributed by atoms with Gasteiger partial charge in [0.1, 0.15) is 5.75 Å². The van der Waals surface area contributed by atoms with Gasteiger partial charge in [0.25, 0.3) is 5.91 Å². The number of ether oxygens (including phenoxy) is 2. The molecule has 0 radical (unpaired) electrons. The molecule has 3 aromatic carbocycles. The molecule has 0 spiro atoms. The number of benzene rings is 3. The molecule has 1 amide bonds. The number of carbonyl (C=O) groups is 3. The Hall–Kier alpha value is -4.26. The molecule has 0 bridgehead atoms. The van der Waals surface area contributed by atoms with Crippen LogP contribution in [0.5, 0.6) is 5.75 Å². The first kappa shape index (κ1) is 25.4. The van der Waals surface area contributed by atoms with Gasteiger partial charge in [0.05, 0.1) is 29.0 Å². The Balaban J connectivity index is 1.67. The van der Waals surface area contributed by atoms with Gasteiger partial charge >= 0.3 is 11.9 Å². The summed E-state index contributed by atoms with van der Waals surface area (Å²) < 4.78 is 10.5. The minimum absolute atomic E-state index is 0.204. The molecule has 0 atom stereocenters. The third kappa shape index (κ3) is 6.63. The predicted octanol–water partition coefficient (Wildman–Crippen LogP) is 5.32. The molecule has 3 aromatic rings. The first-order valence-electron chi connectivity index (χ1n) is 11.5. The van der Waals surface area contributed by atoms with Crippen LogP contribution in [-0.4, -0.2) is 48.7 Å². The van der Waals surface area contributed by atoms with E-state index in [2.05, 4.69) is 4.99 Å². The topological polar surface area (TPSA) is 85.3 Å². The van der Waals surface area contributed by atoms with Gasteiger partial charge in [0.2, 0.25) is 0 Å². The molecule has 7 nitrogen and oxygen atoms in total. The van der Waals surface area contributed by atoms with E-state index in [0.717, 1.165) is 5.56 Å². The van der Waals surface area contributed by atoms with Gasteiger partial charge in [0, 0.05) is 19.3 Å². The van der Waals surface area contributed by atoms with E-state index in [9.17, 15) is 14.4 Å². The van der Waals surface area contributed by atoms with E-state index in [1.54, 1.807) is 90.8 Å². The summed E-state index contributed by atoms with van der Waals surface area (Å²) in [5, 5.41) is 0. The Morgan fingerprint density at radius 3 is 2.03 bits per heavy atom. The number of esters is 2. The van der Waals surface area contributed by atoms with Gasteiger partial charge in [-0.1, -0.05) is 12.1 Å². The quantitative estimate of drug-likeness (QED) is 0.239. The highest BCUT2D eigenvalue weighted by Crippen LogP contribution is 2.18. The fourth-order valence-electron chi connectivity index (χ4n) is 3.36. The molecule has 0 aromatic heterocycles. The molecule has 0 heterocycles. The fraction of sp³-hybridized carbons (Fsp3) is 0.214. The number of carbonyl (C=O) groups excluding carboxylic acids is 3. The van der Waals surface area contributed by atoms with Crippen LogP contribution in [0.15, 0.2) is 77.8 Å². The molecular weight excluding hydrogens is 444 g/mol. The summed E-state index contributed by atoms with van der Waals surface area (Å²) in [6.07, 6.45) is 1.67. The Morgan fingerprint density at radius 2 is 1.43 bits per heavy atom. The lowest BCUT2D eigenvalue weighted by atomic mass is 10.1. The fourth-order valence-corrected chi connectivity index (χ4v) is 3.36. The first-order chi connectivity index (χ1) is 17.0. The average Bonchev–Trinajstić information content (AvgIpc) is 2.89. The van der Waals surface area contributed by atoms with Crippen molar-refractivity contribution < 1.29 is 23.9 Å². The number of amides is 1. The molecule has 7 heteroatoms. The van der Waals surface area contributed by atoms with Crippen molar-refractivity contribution >= 4 is 29.7 Å². The van der Waals surface area contributed by atoms with Crippen LogP contribution in [0, 0.1) is 0 Å². The van der Waals surface area contributed by atoms with Crippen molar-refractivity contribution in [1.29, 1.82) is 0 Å². The van der Waals surface area contributed by atoms with Crippen molar-refractivity contribution in [2.75, 3.05) is 19.7 Å². The molecule has 0 saturated heterocycles. The second kappa shape index (κ2) is 12.3. The Labute approximate surface area is 205 Å². The normalized spacial score (nSPS) is 10.7. The molecule has 0 aliphatic rings. The van der Waals surface area contributed by atoms with Crippen LogP contribution >= 0.6 is 0 Å². The van der Waals surface area contributed by atoms with Crippen LogP contribution in [0.3, 0.4) is 0 Å². The monoisotopic (exact) mass is 472 g/mol. The number of rotatable bonds is 9. The lowest BCUT2D eigenvalue weighted by molar-refractivity contribution is 0.0525. The first-order valence-corrected chi connectivity index (χ1v) is 11.5.